The highest BCUT2D eigenvalue weighted by Gasteiger charge is 2.47. The van der Waals surface area contributed by atoms with Crippen LogP contribution in [-0.2, 0) is 19.0 Å². The minimum atomic E-state index is -0.926. The molecular weight excluding hydrogens is 260 g/mol. The van der Waals surface area contributed by atoms with Crippen molar-refractivity contribution in [3.8, 4) is 0 Å². The van der Waals surface area contributed by atoms with E-state index in [0.29, 0.717) is 0 Å². The van der Waals surface area contributed by atoms with E-state index in [1.807, 2.05) is 0 Å². The first kappa shape index (κ1) is 16.8. The zero-order chi connectivity index (χ0) is 15.4. The summed E-state index contributed by atoms with van der Waals surface area (Å²) in [6, 6.07) is 0. The first-order valence-electron chi connectivity index (χ1n) is 7.17. The molecule has 0 bridgehead atoms. The van der Waals surface area contributed by atoms with Crippen LogP contribution in [0.25, 0.3) is 0 Å². The topological polar surface area (TPSA) is 61.8 Å². The van der Waals surface area contributed by atoms with Crippen LogP contribution < -0.4 is 0 Å². The van der Waals surface area contributed by atoms with Crippen molar-refractivity contribution in [2.45, 2.75) is 72.7 Å². The van der Waals surface area contributed by atoms with Crippen LogP contribution in [0.2, 0.25) is 0 Å². The molecule has 1 rings (SSSR count). The molecule has 5 heteroatoms. The molecule has 0 aromatic rings. The number of carbonyl (C=O) groups excluding carboxylic acids is 2. The molecule has 0 aromatic carbocycles. The second-order valence-electron chi connectivity index (χ2n) is 6.69. The fraction of sp³-hybridized carbons (Fsp3) is 0.867. The lowest BCUT2D eigenvalue weighted by atomic mass is 9.59. The van der Waals surface area contributed by atoms with Gasteiger partial charge in [-0.1, -0.05) is 34.1 Å². The minimum absolute atomic E-state index is 0.0310. The molecule has 5 nitrogen and oxygen atoms in total. The van der Waals surface area contributed by atoms with Gasteiger partial charge >= 0.3 is 6.16 Å². The van der Waals surface area contributed by atoms with Crippen molar-refractivity contribution in [1.29, 1.82) is 0 Å². The van der Waals surface area contributed by atoms with E-state index in [4.69, 9.17) is 9.47 Å². The van der Waals surface area contributed by atoms with Crippen molar-refractivity contribution in [3.63, 3.8) is 0 Å². The summed E-state index contributed by atoms with van der Waals surface area (Å²) in [7, 11) is 0. The molecule has 0 amide bonds. The maximum absolute atomic E-state index is 11.8. The van der Waals surface area contributed by atoms with Gasteiger partial charge in [0.1, 0.15) is 6.10 Å². The number of hydrogen-bond donors (Lipinski definition) is 0. The summed E-state index contributed by atoms with van der Waals surface area (Å²) in [5, 5.41) is 0. The van der Waals surface area contributed by atoms with Gasteiger partial charge in [-0.15, -0.1) is 0 Å². The summed E-state index contributed by atoms with van der Waals surface area (Å²) in [6.07, 6.45) is 2.18. The van der Waals surface area contributed by atoms with Crippen LogP contribution in [0.3, 0.4) is 0 Å². The van der Waals surface area contributed by atoms with Crippen LogP contribution in [0.4, 0.5) is 4.79 Å². The molecule has 0 spiro atoms. The summed E-state index contributed by atoms with van der Waals surface area (Å²) >= 11 is 0. The Balaban J connectivity index is 2.68. The van der Waals surface area contributed by atoms with Gasteiger partial charge in [0.25, 0.3) is 6.47 Å². The lowest BCUT2D eigenvalue weighted by molar-refractivity contribution is -0.158. The molecule has 1 aliphatic carbocycles. The first-order valence-corrected chi connectivity index (χ1v) is 7.17. The number of rotatable bonds is 4. The molecule has 0 aromatic heterocycles. The molecule has 1 fully saturated rings. The third-order valence-electron chi connectivity index (χ3n) is 4.58. The number of hydrogen-bond acceptors (Lipinski definition) is 5. The quantitative estimate of drug-likeness (QED) is 0.448. The van der Waals surface area contributed by atoms with E-state index in [9.17, 15) is 9.59 Å². The predicted molar refractivity (Wildman–Crippen MR) is 74.0 cm³/mol. The van der Waals surface area contributed by atoms with Crippen molar-refractivity contribution in [1.82, 2.24) is 0 Å². The third kappa shape index (κ3) is 3.87. The lowest BCUT2D eigenvalue weighted by Gasteiger charge is -2.49. The Bertz CT molecular complexity index is 347. The first-order chi connectivity index (χ1) is 9.20. The molecule has 0 heterocycles. The summed E-state index contributed by atoms with van der Waals surface area (Å²) in [4.78, 5) is 21.9. The van der Waals surface area contributed by atoms with Crippen LogP contribution in [0.15, 0.2) is 0 Å². The van der Waals surface area contributed by atoms with Gasteiger partial charge in [-0.3, -0.25) is 4.79 Å². The van der Waals surface area contributed by atoms with Gasteiger partial charge in [0.05, 0.1) is 0 Å². The Labute approximate surface area is 121 Å². The lowest BCUT2D eigenvalue weighted by Crippen LogP contribution is -2.47. The highest BCUT2D eigenvalue weighted by Crippen LogP contribution is 2.50. The second kappa shape index (κ2) is 6.46. The van der Waals surface area contributed by atoms with Crippen molar-refractivity contribution < 1.29 is 23.8 Å². The van der Waals surface area contributed by atoms with Crippen LogP contribution >= 0.6 is 0 Å². The summed E-state index contributed by atoms with van der Waals surface area (Å²) < 4.78 is 14.9. The van der Waals surface area contributed by atoms with Gasteiger partial charge in [0.15, 0.2) is 0 Å². The van der Waals surface area contributed by atoms with Crippen molar-refractivity contribution in [2.75, 3.05) is 0 Å². The fourth-order valence-corrected chi connectivity index (χ4v) is 2.73. The van der Waals surface area contributed by atoms with Crippen LogP contribution in [0.1, 0.15) is 60.3 Å². The zero-order valence-corrected chi connectivity index (χ0v) is 13.1. The Morgan fingerprint density at radius 3 is 2.55 bits per heavy atom. The SMILES string of the molecule is CC(OC=O)OC(=O)OC1CCCC[C@@]1(C)C(C)(C)C. The largest absolute Gasteiger partial charge is 0.511 e. The van der Waals surface area contributed by atoms with Crippen molar-refractivity contribution in [2.24, 2.45) is 10.8 Å². The predicted octanol–water partition coefficient (Wildman–Crippen LogP) is 3.65. The third-order valence-corrected chi connectivity index (χ3v) is 4.58. The maximum Gasteiger partial charge on any atom is 0.511 e. The van der Waals surface area contributed by atoms with Gasteiger partial charge in [-0.2, -0.15) is 0 Å². The van der Waals surface area contributed by atoms with Crippen LogP contribution in [0.5, 0.6) is 0 Å². The van der Waals surface area contributed by atoms with E-state index in [2.05, 4.69) is 32.4 Å². The van der Waals surface area contributed by atoms with E-state index in [1.54, 1.807) is 0 Å². The minimum Gasteiger partial charge on any atom is -0.430 e. The summed E-state index contributed by atoms with van der Waals surface area (Å²) in [5.41, 5.74) is -0.0533. The van der Waals surface area contributed by atoms with E-state index < -0.39 is 12.4 Å². The zero-order valence-electron chi connectivity index (χ0n) is 13.1. The van der Waals surface area contributed by atoms with E-state index >= 15 is 0 Å². The molecular formula is C15H26O5. The number of ether oxygens (including phenoxy) is 3. The monoisotopic (exact) mass is 286 g/mol. The Hall–Kier alpha value is -1.26. The molecule has 0 saturated heterocycles. The van der Waals surface area contributed by atoms with Crippen molar-refractivity contribution in [3.05, 3.63) is 0 Å². The molecule has 0 radical (unpaired) electrons. The second-order valence-corrected chi connectivity index (χ2v) is 6.69. The highest BCUT2D eigenvalue weighted by atomic mass is 16.8. The fourth-order valence-electron chi connectivity index (χ4n) is 2.73. The summed E-state index contributed by atoms with van der Waals surface area (Å²) in [5.74, 6) is 0. The molecule has 0 aliphatic heterocycles. The molecule has 20 heavy (non-hydrogen) atoms. The maximum atomic E-state index is 11.8. The van der Waals surface area contributed by atoms with Crippen LogP contribution in [0, 0.1) is 10.8 Å². The summed E-state index contributed by atoms with van der Waals surface area (Å²) in [6.45, 7) is 10.4. The Morgan fingerprint density at radius 2 is 2.00 bits per heavy atom. The smallest absolute Gasteiger partial charge is 0.430 e. The molecule has 3 atom stereocenters. The van der Waals surface area contributed by atoms with Gasteiger partial charge in [0, 0.05) is 12.3 Å². The van der Waals surface area contributed by atoms with Gasteiger partial charge in [0.2, 0.25) is 6.29 Å². The van der Waals surface area contributed by atoms with Crippen LogP contribution in [-0.4, -0.2) is 25.0 Å². The highest BCUT2D eigenvalue weighted by molar-refractivity contribution is 5.60. The average molecular weight is 286 g/mol. The molecule has 0 N–H and O–H groups in total. The van der Waals surface area contributed by atoms with E-state index in [1.165, 1.54) is 6.92 Å². The molecule has 1 aliphatic rings. The number of carbonyl (C=O) groups is 2. The van der Waals surface area contributed by atoms with E-state index in [-0.39, 0.29) is 23.4 Å². The average Bonchev–Trinajstić information content (AvgIpc) is 2.30. The van der Waals surface area contributed by atoms with Gasteiger partial charge in [-0.05, 0) is 24.7 Å². The molecule has 1 saturated carbocycles. The van der Waals surface area contributed by atoms with Crippen molar-refractivity contribution >= 4 is 12.6 Å². The standard InChI is InChI=1S/C15H26O5/c1-11(18-10-16)19-13(17)20-12-8-6-7-9-15(12,5)14(2,3)4/h10-12H,6-9H2,1-5H3/t11?,12?,15-/m1/s1. The molecule has 2 unspecified atom stereocenters. The molecule has 116 valence electrons. The normalized spacial score (nSPS) is 28.4. The Kier molecular flexibility index (Phi) is 5.42. The van der Waals surface area contributed by atoms with Gasteiger partial charge < -0.3 is 14.2 Å². The van der Waals surface area contributed by atoms with E-state index in [0.717, 1.165) is 25.7 Å². The Morgan fingerprint density at radius 1 is 1.35 bits per heavy atom. The van der Waals surface area contributed by atoms with Gasteiger partial charge in [-0.25, -0.2) is 4.79 Å².